The Balaban J connectivity index is 1.78. The molecule has 2 aromatic carbocycles. The summed E-state index contributed by atoms with van der Waals surface area (Å²) in [6, 6.07) is 13.9. The summed E-state index contributed by atoms with van der Waals surface area (Å²) in [7, 11) is -3.73. The fraction of sp³-hybridized carbons (Fsp3) is 0.238. The lowest BCUT2D eigenvalue weighted by atomic mass is 10.1. The molecule has 4 aromatic rings. The minimum atomic E-state index is -3.73. The molecule has 0 saturated heterocycles. The van der Waals surface area contributed by atoms with Gasteiger partial charge in [-0.25, -0.2) is 0 Å². The quantitative estimate of drug-likeness (QED) is 0.494. The Morgan fingerprint density at radius 3 is 2.62 bits per heavy atom. The molecular weight excluding hydrogens is 388 g/mol. The number of nitrogens with zero attached hydrogens (tertiary/aromatic N) is 3. The Labute approximate surface area is 169 Å². The Hall–Kier alpha value is -3.13. The lowest BCUT2D eigenvalue weighted by Crippen LogP contribution is -2.19. The molecule has 0 unspecified atom stereocenters. The molecule has 4 rings (SSSR count). The van der Waals surface area contributed by atoms with E-state index in [9.17, 15) is 8.42 Å². The number of nitrogens with one attached hydrogen (secondary N) is 1. The van der Waals surface area contributed by atoms with E-state index in [1.165, 1.54) is 18.4 Å². The fourth-order valence-electron chi connectivity index (χ4n) is 3.31. The Morgan fingerprint density at radius 2 is 1.90 bits per heavy atom. The molecule has 0 amide bonds. The van der Waals surface area contributed by atoms with Crippen LogP contribution in [0.3, 0.4) is 0 Å². The normalized spacial score (nSPS) is 11.8. The molecule has 0 radical (unpaired) electrons. The average molecular weight is 410 g/mol. The first-order valence-corrected chi connectivity index (χ1v) is 11.3. The number of unbranched alkanes of at least 4 members (excludes halogenated alkanes) is 1. The highest BCUT2D eigenvalue weighted by Crippen LogP contribution is 2.32. The molecule has 0 bridgehead atoms. The number of benzene rings is 2. The molecule has 8 heteroatoms. The van der Waals surface area contributed by atoms with Gasteiger partial charge in [0.05, 0.1) is 29.0 Å². The first kappa shape index (κ1) is 19.2. The summed E-state index contributed by atoms with van der Waals surface area (Å²) in [6.07, 6.45) is 7.68. The highest BCUT2D eigenvalue weighted by atomic mass is 32.2. The van der Waals surface area contributed by atoms with Gasteiger partial charge in [0.25, 0.3) is 0 Å². The molecule has 0 aliphatic heterocycles. The number of aryl methyl sites for hydroxylation is 1. The predicted octanol–water partition coefficient (Wildman–Crippen LogP) is 4.06. The van der Waals surface area contributed by atoms with Crippen LogP contribution in [0.5, 0.6) is 0 Å². The molecule has 150 valence electrons. The second-order valence-electron chi connectivity index (χ2n) is 6.98. The van der Waals surface area contributed by atoms with Crippen LogP contribution in [-0.2, 0) is 16.5 Å². The zero-order valence-corrected chi connectivity index (χ0v) is 17.1. The van der Waals surface area contributed by atoms with E-state index in [2.05, 4.69) is 34.5 Å². The number of hydrogen-bond acceptors (Lipinski definition) is 6. The van der Waals surface area contributed by atoms with Gasteiger partial charge < -0.3 is 5.32 Å². The van der Waals surface area contributed by atoms with Gasteiger partial charge in [-0.2, -0.15) is 8.42 Å². The molecule has 0 fully saturated rings. The van der Waals surface area contributed by atoms with Gasteiger partial charge in [0.2, 0.25) is 0 Å². The van der Waals surface area contributed by atoms with Gasteiger partial charge in [0.1, 0.15) is 5.52 Å². The van der Waals surface area contributed by atoms with Gasteiger partial charge in [-0.1, -0.05) is 30.3 Å². The van der Waals surface area contributed by atoms with E-state index in [0.717, 1.165) is 39.7 Å². The first-order valence-electron chi connectivity index (χ1n) is 9.46. The first-order chi connectivity index (χ1) is 13.9. The van der Waals surface area contributed by atoms with Crippen molar-refractivity contribution in [1.29, 1.82) is 0 Å². The molecule has 2 aromatic heterocycles. The van der Waals surface area contributed by atoms with Crippen molar-refractivity contribution in [2.75, 3.05) is 11.6 Å². The highest BCUT2D eigenvalue weighted by Gasteiger charge is 2.15. The molecule has 7 nitrogen and oxygen atoms in total. The third-order valence-corrected chi connectivity index (χ3v) is 5.07. The summed E-state index contributed by atoms with van der Waals surface area (Å²) < 4.78 is 28.3. The molecule has 1 N–H and O–H groups in total. The molecule has 0 aliphatic carbocycles. The van der Waals surface area contributed by atoms with Crippen LogP contribution in [0.4, 0.5) is 11.4 Å². The van der Waals surface area contributed by atoms with Crippen molar-refractivity contribution in [1.82, 2.24) is 14.9 Å². The van der Waals surface area contributed by atoms with E-state index >= 15 is 0 Å². The zero-order chi connectivity index (χ0) is 20.4. The Kier molecular flexibility index (Phi) is 5.10. The predicted molar refractivity (Wildman–Crippen MR) is 115 cm³/mol. The van der Waals surface area contributed by atoms with E-state index in [4.69, 9.17) is 4.28 Å². The van der Waals surface area contributed by atoms with Crippen molar-refractivity contribution in [3.05, 3.63) is 60.4 Å². The van der Waals surface area contributed by atoms with Gasteiger partial charge >= 0.3 is 10.1 Å². The maximum Gasteiger partial charge on any atom is 0.325 e. The lowest BCUT2D eigenvalue weighted by Gasteiger charge is -2.12. The van der Waals surface area contributed by atoms with Crippen LogP contribution in [-0.4, -0.2) is 29.6 Å². The lowest BCUT2D eigenvalue weighted by molar-refractivity contribution is 0.256. The van der Waals surface area contributed by atoms with Crippen molar-refractivity contribution in [3.63, 3.8) is 0 Å². The van der Waals surface area contributed by atoms with Gasteiger partial charge in [-0.05, 0) is 48.7 Å². The Bertz CT molecular complexity index is 1260. The van der Waals surface area contributed by atoms with Crippen molar-refractivity contribution in [3.8, 4) is 0 Å². The number of anilines is 2. The van der Waals surface area contributed by atoms with Crippen LogP contribution >= 0.6 is 0 Å². The van der Waals surface area contributed by atoms with Crippen LogP contribution in [0.2, 0.25) is 0 Å². The SMILES string of the molecule is CCCCc1ccc(Nc2ccnc3ccc4cnn(OS(C)(=O)=O)c4c23)cc1. The second kappa shape index (κ2) is 7.71. The zero-order valence-electron chi connectivity index (χ0n) is 16.3. The summed E-state index contributed by atoms with van der Waals surface area (Å²) in [6.45, 7) is 2.18. The highest BCUT2D eigenvalue weighted by molar-refractivity contribution is 7.86. The minimum absolute atomic E-state index is 0.545. The number of pyridine rings is 1. The summed E-state index contributed by atoms with van der Waals surface area (Å²) in [5, 5.41) is 8.99. The molecule has 0 saturated carbocycles. The third-order valence-electron chi connectivity index (χ3n) is 4.66. The van der Waals surface area contributed by atoms with Gasteiger partial charge in [-0.3, -0.25) is 9.27 Å². The summed E-state index contributed by atoms with van der Waals surface area (Å²) in [5.41, 5.74) is 4.29. The number of aromatic nitrogens is 3. The van der Waals surface area contributed by atoms with Crippen LogP contribution in [0.15, 0.2) is 54.9 Å². The van der Waals surface area contributed by atoms with Gasteiger partial charge in [0.15, 0.2) is 0 Å². The summed E-state index contributed by atoms with van der Waals surface area (Å²) >= 11 is 0. The van der Waals surface area contributed by atoms with Crippen LogP contribution in [0.1, 0.15) is 25.3 Å². The van der Waals surface area contributed by atoms with E-state index in [-0.39, 0.29) is 0 Å². The fourth-order valence-corrected chi connectivity index (χ4v) is 3.68. The third kappa shape index (κ3) is 4.17. The minimum Gasteiger partial charge on any atom is -0.355 e. The topological polar surface area (TPSA) is 86.1 Å². The number of rotatable bonds is 7. The monoisotopic (exact) mass is 410 g/mol. The maximum absolute atomic E-state index is 11.6. The van der Waals surface area contributed by atoms with Gasteiger partial charge in [-0.15, -0.1) is 5.10 Å². The molecule has 0 aliphatic rings. The smallest absolute Gasteiger partial charge is 0.325 e. The largest absolute Gasteiger partial charge is 0.355 e. The van der Waals surface area contributed by atoms with Crippen molar-refractivity contribution in [2.24, 2.45) is 0 Å². The average Bonchev–Trinajstić information content (AvgIpc) is 3.09. The molecular formula is C21H22N4O3S. The Morgan fingerprint density at radius 1 is 1.10 bits per heavy atom. The van der Waals surface area contributed by atoms with E-state index < -0.39 is 10.1 Å². The number of fused-ring (bicyclic) bond motifs is 3. The number of hydrogen-bond donors (Lipinski definition) is 1. The van der Waals surface area contributed by atoms with E-state index in [1.54, 1.807) is 12.4 Å². The molecule has 2 heterocycles. The van der Waals surface area contributed by atoms with Gasteiger partial charge in [0, 0.05) is 17.3 Å². The molecule has 0 spiro atoms. The van der Waals surface area contributed by atoms with Crippen LogP contribution in [0.25, 0.3) is 21.8 Å². The molecule has 0 atom stereocenters. The van der Waals surface area contributed by atoms with Crippen molar-refractivity contribution < 1.29 is 12.7 Å². The van der Waals surface area contributed by atoms with Crippen molar-refractivity contribution in [2.45, 2.75) is 26.2 Å². The molecule has 29 heavy (non-hydrogen) atoms. The van der Waals surface area contributed by atoms with E-state index in [0.29, 0.717) is 11.0 Å². The van der Waals surface area contributed by atoms with Crippen LogP contribution < -0.4 is 9.60 Å². The van der Waals surface area contributed by atoms with E-state index in [1.807, 2.05) is 30.3 Å². The maximum atomic E-state index is 11.6. The standard InChI is InChI=1S/C21H22N4O3S/c1-3-4-5-15-6-9-17(10-7-15)24-19-12-13-22-18-11-8-16-14-23-25(21(16)20(18)19)28-29(2,26)27/h6-14H,3-5H2,1-2H3,(H,22,24). The van der Waals surface area contributed by atoms with Crippen molar-refractivity contribution >= 4 is 43.3 Å². The summed E-state index contributed by atoms with van der Waals surface area (Å²) in [4.78, 5) is 5.45. The van der Waals surface area contributed by atoms with Crippen LogP contribution in [0, 0.1) is 0 Å². The second-order valence-corrected chi connectivity index (χ2v) is 8.53. The summed E-state index contributed by atoms with van der Waals surface area (Å²) in [5.74, 6) is 0.